The minimum absolute atomic E-state index is 0.387. The molecule has 2 N–H and O–H groups in total. The highest BCUT2D eigenvalue weighted by molar-refractivity contribution is 6.01. The Bertz CT molecular complexity index is 132. The number of methoxy groups -OCH3 is 1. The van der Waals surface area contributed by atoms with Crippen molar-refractivity contribution in [1.29, 1.82) is 0 Å². The first-order valence-corrected chi connectivity index (χ1v) is 2.43. The second kappa shape index (κ2) is 3.19. The molecule has 0 aliphatic heterocycles. The lowest BCUT2D eigenvalue weighted by Crippen LogP contribution is -2.37. The second-order valence-electron chi connectivity index (χ2n) is 1.61. The van der Waals surface area contributed by atoms with E-state index in [2.05, 4.69) is 4.74 Å². The molecule has 1 unspecified atom stereocenters. The lowest BCUT2D eigenvalue weighted by molar-refractivity contribution is -0.144. The van der Waals surface area contributed by atoms with E-state index < -0.39 is 12.0 Å². The first-order valence-electron chi connectivity index (χ1n) is 2.43. The van der Waals surface area contributed by atoms with Gasteiger partial charge in [0.05, 0.1) is 7.11 Å². The van der Waals surface area contributed by atoms with E-state index >= 15 is 0 Å². The molecule has 0 saturated heterocycles. The molecule has 0 amide bonds. The molecule has 9 heavy (non-hydrogen) atoms. The quantitative estimate of drug-likeness (QED) is 0.388. The number of Topliss-reactive ketones (excluding diaryl/α,β-unsaturated/α-hetero) is 1. The lowest BCUT2D eigenvalue weighted by Gasteiger charge is -2.02. The molecule has 52 valence electrons. The van der Waals surface area contributed by atoms with Crippen LogP contribution in [-0.4, -0.2) is 24.9 Å². The number of carbonyl (C=O) groups excluding carboxylic acids is 2. The highest BCUT2D eigenvalue weighted by atomic mass is 16.5. The van der Waals surface area contributed by atoms with Gasteiger partial charge in [-0.25, -0.2) is 4.79 Å². The molecule has 0 fully saturated rings. The minimum Gasteiger partial charge on any atom is -0.468 e. The average Bonchev–Trinajstić information content (AvgIpc) is 1.84. The van der Waals surface area contributed by atoms with Crippen LogP contribution in [0.2, 0.25) is 0 Å². The van der Waals surface area contributed by atoms with E-state index in [1.165, 1.54) is 14.0 Å². The molecule has 0 rings (SSSR count). The maximum Gasteiger partial charge on any atom is 0.330 e. The van der Waals surface area contributed by atoms with Crippen molar-refractivity contribution in [2.24, 2.45) is 5.73 Å². The third-order valence-electron chi connectivity index (χ3n) is 0.893. The number of esters is 1. The van der Waals surface area contributed by atoms with Crippen LogP contribution in [-0.2, 0) is 14.3 Å². The van der Waals surface area contributed by atoms with Crippen molar-refractivity contribution >= 4 is 11.8 Å². The molecule has 0 aromatic rings. The molecule has 0 aliphatic rings. The third kappa shape index (κ3) is 2.23. The Balaban J connectivity index is 3.88. The molecule has 0 aromatic carbocycles. The van der Waals surface area contributed by atoms with E-state index in [4.69, 9.17) is 5.73 Å². The molecule has 0 spiro atoms. The maximum atomic E-state index is 10.4. The molecule has 0 radical (unpaired) electrons. The van der Waals surface area contributed by atoms with Crippen LogP contribution in [0.5, 0.6) is 0 Å². The fraction of sp³-hybridized carbons (Fsp3) is 0.600. The molecule has 0 bridgehead atoms. The summed E-state index contributed by atoms with van der Waals surface area (Å²) in [5.41, 5.74) is 5.05. The average molecular weight is 131 g/mol. The molecule has 4 heteroatoms. The van der Waals surface area contributed by atoms with Crippen LogP contribution in [0.3, 0.4) is 0 Å². The molecule has 0 aliphatic carbocycles. The number of rotatable bonds is 2. The van der Waals surface area contributed by atoms with Gasteiger partial charge in [-0.05, 0) is 6.92 Å². The highest BCUT2D eigenvalue weighted by Gasteiger charge is 2.17. The summed E-state index contributed by atoms with van der Waals surface area (Å²) in [7, 11) is 1.19. The Kier molecular flexibility index (Phi) is 2.87. The lowest BCUT2D eigenvalue weighted by atomic mass is 10.2. The molecule has 1 atom stereocenters. The van der Waals surface area contributed by atoms with E-state index in [1.54, 1.807) is 0 Å². The first kappa shape index (κ1) is 8.10. The van der Waals surface area contributed by atoms with Gasteiger partial charge in [-0.3, -0.25) is 4.79 Å². The van der Waals surface area contributed by atoms with Crippen molar-refractivity contribution in [2.75, 3.05) is 7.11 Å². The van der Waals surface area contributed by atoms with Gasteiger partial charge in [0.1, 0.15) is 0 Å². The van der Waals surface area contributed by atoms with Crippen LogP contribution in [0.1, 0.15) is 6.92 Å². The van der Waals surface area contributed by atoms with Crippen molar-refractivity contribution in [2.45, 2.75) is 13.0 Å². The van der Waals surface area contributed by atoms with Gasteiger partial charge in [-0.2, -0.15) is 0 Å². The van der Waals surface area contributed by atoms with E-state index in [-0.39, 0.29) is 5.78 Å². The Morgan fingerprint density at radius 2 is 2.00 bits per heavy atom. The maximum absolute atomic E-state index is 10.4. The standard InChI is InChI=1S/C5H9NO3/c1-3(7)4(6)5(8)9-2/h4H,6H2,1-2H3. The second-order valence-corrected chi connectivity index (χ2v) is 1.61. The molecular weight excluding hydrogens is 122 g/mol. The van der Waals surface area contributed by atoms with Crippen molar-refractivity contribution in [3.05, 3.63) is 0 Å². The summed E-state index contributed by atoms with van der Waals surface area (Å²) in [5.74, 6) is -1.08. The number of ether oxygens (including phenoxy) is 1. The van der Waals surface area contributed by atoms with E-state index in [0.717, 1.165) is 0 Å². The summed E-state index contributed by atoms with van der Waals surface area (Å²) < 4.78 is 4.19. The summed E-state index contributed by atoms with van der Waals surface area (Å²) >= 11 is 0. The zero-order valence-electron chi connectivity index (χ0n) is 5.38. The molecule has 0 saturated carbocycles. The molecule has 4 nitrogen and oxygen atoms in total. The van der Waals surface area contributed by atoms with Gasteiger partial charge in [0.25, 0.3) is 0 Å². The largest absolute Gasteiger partial charge is 0.468 e. The van der Waals surface area contributed by atoms with Crippen LogP contribution in [0.15, 0.2) is 0 Å². The van der Waals surface area contributed by atoms with Crippen molar-refractivity contribution in [3.63, 3.8) is 0 Å². The minimum atomic E-state index is -1.12. The summed E-state index contributed by atoms with van der Waals surface area (Å²) in [6.07, 6.45) is 0. The number of ketones is 1. The number of hydrogen-bond donors (Lipinski definition) is 1. The van der Waals surface area contributed by atoms with Crippen LogP contribution >= 0.6 is 0 Å². The first-order chi connectivity index (χ1) is 4.09. The fourth-order valence-electron chi connectivity index (χ4n) is 0.293. The zero-order valence-corrected chi connectivity index (χ0v) is 5.38. The summed E-state index contributed by atoms with van der Waals surface area (Å²) in [4.78, 5) is 20.7. The van der Waals surface area contributed by atoms with Gasteiger partial charge in [0, 0.05) is 0 Å². The van der Waals surface area contributed by atoms with E-state index in [1.807, 2.05) is 0 Å². The van der Waals surface area contributed by atoms with Crippen LogP contribution < -0.4 is 5.73 Å². The fourth-order valence-corrected chi connectivity index (χ4v) is 0.293. The number of nitrogens with two attached hydrogens (primary N) is 1. The smallest absolute Gasteiger partial charge is 0.330 e. The van der Waals surface area contributed by atoms with Crippen LogP contribution in [0, 0.1) is 0 Å². The van der Waals surface area contributed by atoms with Gasteiger partial charge >= 0.3 is 5.97 Å². The SMILES string of the molecule is COC(=O)C(N)C(C)=O. The third-order valence-corrected chi connectivity index (χ3v) is 0.893. The summed E-state index contributed by atoms with van der Waals surface area (Å²) in [6.45, 7) is 1.24. The predicted octanol–water partition coefficient (Wildman–Crippen LogP) is -0.924. The predicted molar refractivity (Wildman–Crippen MR) is 30.7 cm³/mol. The zero-order chi connectivity index (χ0) is 7.44. The van der Waals surface area contributed by atoms with Gasteiger partial charge in [0.2, 0.25) is 0 Å². The molecule has 0 aromatic heterocycles. The van der Waals surface area contributed by atoms with E-state index in [0.29, 0.717) is 0 Å². The van der Waals surface area contributed by atoms with Gasteiger partial charge in [0.15, 0.2) is 11.8 Å². The molecule has 0 heterocycles. The van der Waals surface area contributed by atoms with Crippen molar-refractivity contribution in [3.8, 4) is 0 Å². The van der Waals surface area contributed by atoms with Crippen LogP contribution in [0.25, 0.3) is 0 Å². The van der Waals surface area contributed by atoms with Crippen LogP contribution in [0.4, 0.5) is 0 Å². The summed E-state index contributed by atoms with van der Waals surface area (Å²) in [5, 5.41) is 0. The Morgan fingerprint density at radius 3 is 2.11 bits per heavy atom. The van der Waals surface area contributed by atoms with Gasteiger partial charge < -0.3 is 10.5 Å². The topological polar surface area (TPSA) is 69.4 Å². The number of carbonyl (C=O) groups is 2. The molecular formula is C5H9NO3. The van der Waals surface area contributed by atoms with Crippen molar-refractivity contribution < 1.29 is 14.3 Å². The Morgan fingerprint density at radius 1 is 1.56 bits per heavy atom. The monoisotopic (exact) mass is 131 g/mol. The van der Waals surface area contributed by atoms with Gasteiger partial charge in [-0.1, -0.05) is 0 Å². The number of hydrogen-bond acceptors (Lipinski definition) is 4. The normalized spacial score (nSPS) is 12.3. The van der Waals surface area contributed by atoms with Gasteiger partial charge in [-0.15, -0.1) is 0 Å². The van der Waals surface area contributed by atoms with Crippen molar-refractivity contribution in [1.82, 2.24) is 0 Å². The summed E-state index contributed by atoms with van der Waals surface area (Å²) in [6, 6.07) is -1.12. The van der Waals surface area contributed by atoms with E-state index in [9.17, 15) is 9.59 Å². The Labute approximate surface area is 53.0 Å². The highest BCUT2D eigenvalue weighted by Crippen LogP contribution is 1.83. The Hall–Kier alpha value is -0.900.